The van der Waals surface area contributed by atoms with Gasteiger partial charge >= 0.3 is 0 Å². The van der Waals surface area contributed by atoms with Gasteiger partial charge in [0, 0.05) is 27.2 Å². The average molecular weight is 498 g/mol. The second-order valence-corrected chi connectivity index (χ2v) is 11.6. The van der Waals surface area contributed by atoms with E-state index >= 15 is 0 Å². The molecule has 1 atom stereocenters. The quantitative estimate of drug-likeness (QED) is 0.300. The maximum absolute atomic E-state index is 12.7. The third kappa shape index (κ3) is 5.08. The van der Waals surface area contributed by atoms with E-state index < -0.39 is 0 Å². The molecule has 3 aromatic rings. The van der Waals surface area contributed by atoms with Gasteiger partial charge in [-0.05, 0) is 42.7 Å². The molecule has 172 valence electrons. The number of nitriles is 1. The first-order valence-electron chi connectivity index (χ1n) is 11.0. The number of thiophene rings is 2. The van der Waals surface area contributed by atoms with Gasteiger partial charge in [-0.3, -0.25) is 9.36 Å². The van der Waals surface area contributed by atoms with E-state index in [4.69, 9.17) is 0 Å². The lowest BCUT2D eigenvalue weighted by molar-refractivity contribution is -0.113. The fourth-order valence-electron chi connectivity index (χ4n) is 3.93. The molecule has 0 fully saturated rings. The van der Waals surface area contributed by atoms with E-state index in [1.54, 1.807) is 22.7 Å². The van der Waals surface area contributed by atoms with E-state index in [1.807, 2.05) is 10.6 Å². The summed E-state index contributed by atoms with van der Waals surface area (Å²) in [5.41, 5.74) is 2.79. The SMILES string of the molecule is C=CCn1c(SCC(=O)Nc2sc3c(c2C#N)CCC(C)C3)nnc1-c1csc(C(C)C)c1. The lowest BCUT2D eigenvalue weighted by atomic mass is 9.89. The lowest BCUT2D eigenvalue weighted by Gasteiger charge is -2.17. The summed E-state index contributed by atoms with van der Waals surface area (Å²) >= 11 is 4.61. The first-order chi connectivity index (χ1) is 15.9. The van der Waals surface area contributed by atoms with Crippen molar-refractivity contribution in [1.82, 2.24) is 14.8 Å². The van der Waals surface area contributed by atoms with Gasteiger partial charge in [-0.25, -0.2) is 0 Å². The zero-order valence-corrected chi connectivity index (χ0v) is 21.5. The topological polar surface area (TPSA) is 83.6 Å². The van der Waals surface area contributed by atoms with Crippen LogP contribution in [0.2, 0.25) is 0 Å². The van der Waals surface area contributed by atoms with Gasteiger partial charge < -0.3 is 5.32 Å². The molecule has 9 heteroatoms. The summed E-state index contributed by atoms with van der Waals surface area (Å²) in [5, 5.41) is 24.8. The molecule has 0 saturated heterocycles. The Kier molecular flexibility index (Phi) is 7.37. The van der Waals surface area contributed by atoms with Crippen molar-refractivity contribution in [2.24, 2.45) is 5.92 Å². The van der Waals surface area contributed by atoms with E-state index in [1.165, 1.54) is 21.5 Å². The maximum Gasteiger partial charge on any atom is 0.235 e. The normalized spacial score (nSPS) is 15.3. The fourth-order valence-corrected chi connectivity index (χ4v) is 6.95. The maximum atomic E-state index is 12.7. The van der Waals surface area contributed by atoms with E-state index in [0.717, 1.165) is 36.2 Å². The number of fused-ring (bicyclic) bond motifs is 1. The average Bonchev–Trinajstić information content (AvgIpc) is 3.49. The van der Waals surface area contributed by atoms with Crippen LogP contribution in [0.25, 0.3) is 11.4 Å². The summed E-state index contributed by atoms with van der Waals surface area (Å²) in [4.78, 5) is 15.3. The smallest absolute Gasteiger partial charge is 0.235 e. The molecule has 1 aliphatic rings. The molecule has 1 N–H and O–H groups in total. The van der Waals surface area contributed by atoms with Crippen LogP contribution in [0, 0.1) is 17.2 Å². The number of anilines is 1. The van der Waals surface area contributed by atoms with Crippen LogP contribution in [0.4, 0.5) is 5.00 Å². The molecular weight excluding hydrogens is 470 g/mol. The Balaban J connectivity index is 1.47. The Bertz CT molecular complexity index is 1210. The molecule has 6 nitrogen and oxygen atoms in total. The van der Waals surface area contributed by atoms with Crippen LogP contribution >= 0.6 is 34.4 Å². The van der Waals surface area contributed by atoms with E-state index in [2.05, 4.69) is 60.4 Å². The highest BCUT2D eigenvalue weighted by Crippen LogP contribution is 2.39. The molecule has 0 spiro atoms. The number of carbonyl (C=O) groups excluding carboxylic acids is 1. The van der Waals surface area contributed by atoms with E-state index in [-0.39, 0.29) is 11.7 Å². The molecule has 0 saturated carbocycles. The lowest BCUT2D eigenvalue weighted by Crippen LogP contribution is -2.14. The molecule has 33 heavy (non-hydrogen) atoms. The molecule has 4 rings (SSSR count). The van der Waals surface area contributed by atoms with Gasteiger partial charge in [-0.2, -0.15) is 5.26 Å². The molecule has 1 unspecified atom stereocenters. The number of allylic oxidation sites excluding steroid dienone is 1. The van der Waals surface area contributed by atoms with Crippen LogP contribution < -0.4 is 5.32 Å². The Morgan fingerprint density at radius 1 is 1.48 bits per heavy atom. The number of hydrogen-bond donors (Lipinski definition) is 1. The molecule has 3 heterocycles. The van der Waals surface area contributed by atoms with Gasteiger partial charge in [0.15, 0.2) is 11.0 Å². The molecule has 0 bridgehead atoms. The first kappa shape index (κ1) is 23.7. The van der Waals surface area contributed by atoms with Crippen LogP contribution in [0.5, 0.6) is 0 Å². The van der Waals surface area contributed by atoms with Gasteiger partial charge in [0.1, 0.15) is 11.1 Å². The second-order valence-electron chi connectivity index (χ2n) is 8.60. The predicted octanol–water partition coefficient (Wildman–Crippen LogP) is 6.10. The van der Waals surface area contributed by atoms with Crippen molar-refractivity contribution in [2.75, 3.05) is 11.1 Å². The third-order valence-corrected chi connectivity index (χ3v) is 9.05. The van der Waals surface area contributed by atoms with Gasteiger partial charge in [-0.1, -0.05) is 38.6 Å². The van der Waals surface area contributed by atoms with E-state index in [9.17, 15) is 10.1 Å². The summed E-state index contributed by atoms with van der Waals surface area (Å²) in [6, 6.07) is 4.46. The van der Waals surface area contributed by atoms with Crippen LogP contribution in [0.15, 0.2) is 29.3 Å². The van der Waals surface area contributed by atoms with E-state index in [0.29, 0.717) is 34.1 Å². The van der Waals surface area contributed by atoms with Crippen molar-refractivity contribution >= 4 is 45.3 Å². The molecule has 1 aliphatic carbocycles. The van der Waals surface area contributed by atoms with Crippen molar-refractivity contribution in [2.45, 2.75) is 57.7 Å². The molecule has 3 aromatic heterocycles. The second kappa shape index (κ2) is 10.2. The minimum atomic E-state index is -0.143. The number of carbonyl (C=O) groups is 1. The number of nitrogens with zero attached hydrogens (tertiary/aromatic N) is 4. The zero-order valence-electron chi connectivity index (χ0n) is 19.1. The summed E-state index contributed by atoms with van der Waals surface area (Å²) in [7, 11) is 0. The Morgan fingerprint density at radius 3 is 3.00 bits per heavy atom. The highest BCUT2D eigenvalue weighted by atomic mass is 32.2. The molecule has 1 amide bonds. The number of hydrogen-bond acceptors (Lipinski definition) is 7. The number of amides is 1. The summed E-state index contributed by atoms with van der Waals surface area (Å²) in [6.45, 7) is 11.0. The van der Waals surface area contributed by atoms with Crippen LogP contribution in [0.1, 0.15) is 54.0 Å². The van der Waals surface area contributed by atoms with Crippen molar-refractivity contribution in [3.05, 3.63) is 45.0 Å². The number of rotatable bonds is 8. The van der Waals surface area contributed by atoms with Crippen molar-refractivity contribution < 1.29 is 4.79 Å². The highest BCUT2D eigenvalue weighted by Gasteiger charge is 2.25. The van der Waals surface area contributed by atoms with Crippen molar-refractivity contribution in [1.29, 1.82) is 5.26 Å². The molecular formula is C24H27N5OS3. The van der Waals surface area contributed by atoms with Gasteiger partial charge in [0.2, 0.25) is 5.91 Å². The summed E-state index contributed by atoms with van der Waals surface area (Å²) in [6.07, 6.45) is 4.79. The standard InChI is InChI=1S/C24H27N5OS3/c1-5-8-29-22(16-10-19(14(2)3)31-12-16)27-28-24(29)32-13-21(30)26-23-18(11-25)17-7-6-15(4)9-20(17)33-23/h5,10,12,14-15H,1,6-9,13H2,2-4H3,(H,26,30). The van der Waals surface area contributed by atoms with Gasteiger partial charge in [0.25, 0.3) is 0 Å². The zero-order chi connectivity index (χ0) is 23.5. The fraction of sp³-hybridized carbons (Fsp3) is 0.417. The van der Waals surface area contributed by atoms with Crippen LogP contribution in [-0.2, 0) is 24.2 Å². The number of nitrogens with one attached hydrogen (secondary N) is 1. The Labute approximate surface area is 206 Å². The summed E-state index contributed by atoms with van der Waals surface area (Å²) in [5.74, 6) is 1.91. The van der Waals surface area contributed by atoms with Gasteiger partial charge in [0.05, 0.1) is 11.3 Å². The molecule has 0 radical (unpaired) electrons. The highest BCUT2D eigenvalue weighted by molar-refractivity contribution is 7.99. The molecule has 0 aromatic carbocycles. The largest absolute Gasteiger partial charge is 0.316 e. The van der Waals surface area contributed by atoms with Crippen LogP contribution in [0.3, 0.4) is 0 Å². The molecule has 0 aliphatic heterocycles. The Hall–Kier alpha value is -2.41. The van der Waals surface area contributed by atoms with Crippen LogP contribution in [-0.4, -0.2) is 26.4 Å². The minimum Gasteiger partial charge on any atom is -0.316 e. The number of thioether (sulfide) groups is 1. The Morgan fingerprint density at radius 2 is 2.30 bits per heavy atom. The van der Waals surface area contributed by atoms with Gasteiger partial charge in [-0.15, -0.1) is 39.4 Å². The first-order valence-corrected chi connectivity index (χ1v) is 13.7. The summed E-state index contributed by atoms with van der Waals surface area (Å²) < 4.78 is 1.99. The number of aromatic nitrogens is 3. The monoisotopic (exact) mass is 497 g/mol. The van der Waals surface area contributed by atoms with Crippen molar-refractivity contribution in [3.8, 4) is 17.5 Å². The predicted molar refractivity (Wildman–Crippen MR) is 137 cm³/mol. The minimum absolute atomic E-state index is 0.143. The third-order valence-electron chi connectivity index (χ3n) is 5.68. The van der Waals surface area contributed by atoms with Crippen molar-refractivity contribution in [3.63, 3.8) is 0 Å².